The second-order valence-corrected chi connectivity index (χ2v) is 5.41. The topological polar surface area (TPSA) is 40.5 Å². The summed E-state index contributed by atoms with van der Waals surface area (Å²) >= 11 is 6.28. The van der Waals surface area contributed by atoms with Gasteiger partial charge < -0.3 is 10.0 Å². The van der Waals surface area contributed by atoms with E-state index in [9.17, 15) is 4.79 Å². The molecular formula is C14H18ClNO2. The van der Waals surface area contributed by atoms with E-state index in [1.54, 1.807) is 6.07 Å². The van der Waals surface area contributed by atoms with Gasteiger partial charge in [-0.05, 0) is 56.1 Å². The van der Waals surface area contributed by atoms with E-state index in [-0.39, 0.29) is 6.42 Å². The maximum atomic E-state index is 10.7. The molecule has 0 saturated carbocycles. The molecule has 3 nitrogen and oxygen atoms in total. The molecule has 2 rings (SSSR count). The van der Waals surface area contributed by atoms with E-state index >= 15 is 0 Å². The lowest BCUT2D eigenvalue weighted by Gasteiger charge is -2.29. The van der Waals surface area contributed by atoms with Crippen molar-refractivity contribution in [1.29, 1.82) is 0 Å². The molecule has 0 amide bonds. The van der Waals surface area contributed by atoms with Gasteiger partial charge in [0.1, 0.15) is 0 Å². The minimum Gasteiger partial charge on any atom is -0.481 e. The Morgan fingerprint density at radius 1 is 1.44 bits per heavy atom. The van der Waals surface area contributed by atoms with Crippen molar-refractivity contribution in [2.75, 3.05) is 20.1 Å². The van der Waals surface area contributed by atoms with Gasteiger partial charge >= 0.3 is 5.97 Å². The average molecular weight is 268 g/mol. The third-order valence-corrected chi connectivity index (χ3v) is 3.91. The number of piperidine rings is 1. The highest BCUT2D eigenvalue weighted by Crippen LogP contribution is 2.33. The van der Waals surface area contributed by atoms with Crippen molar-refractivity contribution >= 4 is 17.6 Å². The minimum atomic E-state index is -0.821. The minimum absolute atomic E-state index is 0.0351. The van der Waals surface area contributed by atoms with Crippen LogP contribution in [0.3, 0.4) is 0 Å². The number of aliphatic carboxylic acids is 1. The number of hydrogen-bond donors (Lipinski definition) is 1. The molecule has 4 heteroatoms. The van der Waals surface area contributed by atoms with E-state index in [1.807, 2.05) is 12.1 Å². The Morgan fingerprint density at radius 2 is 2.11 bits per heavy atom. The number of carboxylic acid groups (broad SMARTS) is 1. The molecule has 0 aliphatic carbocycles. The Morgan fingerprint density at radius 3 is 2.67 bits per heavy atom. The number of rotatable bonds is 3. The van der Waals surface area contributed by atoms with Gasteiger partial charge in [-0.15, -0.1) is 0 Å². The fourth-order valence-electron chi connectivity index (χ4n) is 2.51. The Bertz CT molecular complexity index is 439. The van der Waals surface area contributed by atoms with Crippen LogP contribution in [0.5, 0.6) is 0 Å². The molecule has 1 aliphatic heterocycles. The van der Waals surface area contributed by atoms with Crippen molar-refractivity contribution in [3.8, 4) is 0 Å². The molecule has 1 aromatic rings. The lowest BCUT2D eigenvalue weighted by atomic mass is 9.89. The van der Waals surface area contributed by atoms with Crippen LogP contribution in [0.2, 0.25) is 5.02 Å². The second kappa shape index (κ2) is 5.72. The quantitative estimate of drug-likeness (QED) is 0.916. The summed E-state index contributed by atoms with van der Waals surface area (Å²) in [6.07, 6.45) is 2.27. The van der Waals surface area contributed by atoms with E-state index in [2.05, 4.69) is 11.9 Å². The summed E-state index contributed by atoms with van der Waals surface area (Å²) in [5.74, 6) is -0.314. The third kappa shape index (κ3) is 3.24. The van der Waals surface area contributed by atoms with Crippen LogP contribution in [0.15, 0.2) is 18.2 Å². The van der Waals surface area contributed by atoms with Crippen LogP contribution in [0.4, 0.5) is 0 Å². The van der Waals surface area contributed by atoms with Crippen LogP contribution in [-0.4, -0.2) is 36.1 Å². The smallest absolute Gasteiger partial charge is 0.307 e. The lowest BCUT2D eigenvalue weighted by Crippen LogP contribution is -2.29. The summed E-state index contributed by atoms with van der Waals surface area (Å²) < 4.78 is 0. The van der Waals surface area contributed by atoms with Crippen molar-refractivity contribution in [3.05, 3.63) is 34.3 Å². The molecule has 98 valence electrons. The van der Waals surface area contributed by atoms with E-state index in [1.165, 1.54) is 5.56 Å². The Labute approximate surface area is 112 Å². The highest BCUT2D eigenvalue weighted by Gasteiger charge is 2.20. The fourth-order valence-corrected chi connectivity index (χ4v) is 2.86. The molecular weight excluding hydrogens is 250 g/mol. The van der Waals surface area contributed by atoms with Crippen molar-refractivity contribution in [2.45, 2.75) is 25.2 Å². The van der Waals surface area contributed by atoms with Gasteiger partial charge in [-0.2, -0.15) is 0 Å². The van der Waals surface area contributed by atoms with Gasteiger partial charge in [-0.3, -0.25) is 4.79 Å². The molecule has 18 heavy (non-hydrogen) atoms. The number of carbonyl (C=O) groups is 1. The first-order valence-electron chi connectivity index (χ1n) is 6.25. The molecule has 1 aliphatic rings. The molecule has 1 aromatic carbocycles. The summed E-state index contributed by atoms with van der Waals surface area (Å²) in [5, 5.41) is 9.47. The fraction of sp³-hybridized carbons (Fsp3) is 0.500. The Hall–Kier alpha value is -1.06. The summed E-state index contributed by atoms with van der Waals surface area (Å²) in [6, 6.07) is 5.67. The van der Waals surface area contributed by atoms with Crippen molar-refractivity contribution < 1.29 is 9.90 Å². The van der Waals surface area contributed by atoms with Gasteiger partial charge in [0.2, 0.25) is 0 Å². The molecule has 0 bridgehead atoms. The third-order valence-electron chi connectivity index (χ3n) is 3.58. The van der Waals surface area contributed by atoms with E-state index in [4.69, 9.17) is 16.7 Å². The molecule has 1 fully saturated rings. The van der Waals surface area contributed by atoms with Crippen molar-refractivity contribution in [3.63, 3.8) is 0 Å². The van der Waals surface area contributed by atoms with Gasteiger partial charge in [0.15, 0.2) is 0 Å². The van der Waals surface area contributed by atoms with E-state index in [0.29, 0.717) is 10.9 Å². The van der Waals surface area contributed by atoms with Crippen molar-refractivity contribution in [2.24, 2.45) is 0 Å². The zero-order valence-corrected chi connectivity index (χ0v) is 11.3. The lowest BCUT2D eigenvalue weighted by molar-refractivity contribution is -0.136. The summed E-state index contributed by atoms with van der Waals surface area (Å²) in [5.41, 5.74) is 1.93. The number of likely N-dealkylation sites (tertiary alicyclic amines) is 1. The molecule has 1 heterocycles. The van der Waals surface area contributed by atoms with E-state index < -0.39 is 5.97 Å². The van der Waals surface area contributed by atoms with Gasteiger partial charge in [-0.1, -0.05) is 23.7 Å². The number of benzene rings is 1. The Kier molecular flexibility index (Phi) is 4.25. The number of carboxylic acids is 1. The van der Waals surface area contributed by atoms with Crippen LogP contribution in [0.25, 0.3) is 0 Å². The van der Waals surface area contributed by atoms with Crippen LogP contribution >= 0.6 is 11.6 Å². The first kappa shape index (κ1) is 13.4. The highest BCUT2D eigenvalue weighted by molar-refractivity contribution is 6.31. The zero-order valence-electron chi connectivity index (χ0n) is 10.5. The van der Waals surface area contributed by atoms with Crippen LogP contribution in [0, 0.1) is 0 Å². The van der Waals surface area contributed by atoms with Gasteiger partial charge in [0.05, 0.1) is 6.42 Å². The second-order valence-electron chi connectivity index (χ2n) is 5.00. The molecule has 0 aromatic heterocycles. The van der Waals surface area contributed by atoms with Crippen molar-refractivity contribution in [1.82, 2.24) is 4.90 Å². The molecule has 0 atom stereocenters. The average Bonchev–Trinajstić information content (AvgIpc) is 2.30. The number of halogens is 1. The number of hydrogen-bond acceptors (Lipinski definition) is 2. The van der Waals surface area contributed by atoms with Gasteiger partial charge in [0, 0.05) is 5.02 Å². The van der Waals surface area contributed by atoms with Crippen LogP contribution in [0.1, 0.15) is 29.9 Å². The monoisotopic (exact) mass is 267 g/mol. The highest BCUT2D eigenvalue weighted by atomic mass is 35.5. The summed E-state index contributed by atoms with van der Waals surface area (Å²) in [7, 11) is 2.13. The maximum absolute atomic E-state index is 10.7. The zero-order chi connectivity index (χ0) is 13.1. The maximum Gasteiger partial charge on any atom is 0.307 e. The predicted molar refractivity (Wildman–Crippen MR) is 72.3 cm³/mol. The molecule has 0 radical (unpaired) electrons. The van der Waals surface area contributed by atoms with Crippen LogP contribution in [-0.2, 0) is 11.2 Å². The van der Waals surface area contributed by atoms with Gasteiger partial charge in [0.25, 0.3) is 0 Å². The first-order valence-corrected chi connectivity index (χ1v) is 6.62. The molecule has 0 spiro atoms. The van der Waals surface area contributed by atoms with Crippen LogP contribution < -0.4 is 0 Å². The van der Waals surface area contributed by atoms with Gasteiger partial charge in [-0.25, -0.2) is 0 Å². The summed E-state index contributed by atoms with van der Waals surface area (Å²) in [6.45, 7) is 2.19. The largest absolute Gasteiger partial charge is 0.481 e. The normalized spacial score (nSPS) is 17.9. The predicted octanol–water partition coefficient (Wildman–Crippen LogP) is 2.78. The summed E-state index contributed by atoms with van der Waals surface area (Å²) in [4.78, 5) is 13.0. The standard InChI is InChI=1S/C14H18ClNO2/c1-16-6-4-11(5-7-16)12-3-2-10(8-13(12)15)9-14(17)18/h2-3,8,11H,4-7,9H2,1H3,(H,17,18). The molecule has 1 N–H and O–H groups in total. The number of nitrogens with zero attached hydrogens (tertiary/aromatic N) is 1. The Balaban J connectivity index is 2.12. The molecule has 1 saturated heterocycles. The SMILES string of the molecule is CN1CCC(c2ccc(CC(=O)O)cc2Cl)CC1. The van der Waals surface area contributed by atoms with E-state index in [0.717, 1.165) is 31.5 Å². The first-order chi connectivity index (χ1) is 8.56. The molecule has 0 unspecified atom stereocenters.